The van der Waals surface area contributed by atoms with Gasteiger partial charge in [0.15, 0.2) is 17.5 Å². The van der Waals surface area contributed by atoms with E-state index in [-0.39, 0.29) is 0 Å². The number of nitrogens with zero attached hydrogens (tertiary/aromatic N) is 7. The van der Waals surface area contributed by atoms with Crippen LogP contribution in [0.25, 0.3) is 23.0 Å². The van der Waals surface area contributed by atoms with Gasteiger partial charge in [-0.2, -0.15) is 17.6 Å². The van der Waals surface area contributed by atoms with E-state index >= 15 is 0 Å². The zero-order valence-corrected chi connectivity index (χ0v) is 15.1. The molecule has 130 valence electrons. The Hall–Kier alpha value is -2.78. The minimum absolute atomic E-state index is 0.361. The molecule has 0 aliphatic heterocycles. The minimum atomic E-state index is -0.514. The fraction of sp³-hybridized carbons (Fsp3) is 0.125. The van der Waals surface area contributed by atoms with Gasteiger partial charge in [0.05, 0.1) is 0 Å². The highest BCUT2D eigenvalue weighted by Crippen LogP contribution is 2.29. The van der Waals surface area contributed by atoms with Crippen molar-refractivity contribution in [2.45, 2.75) is 5.25 Å². The van der Waals surface area contributed by atoms with Gasteiger partial charge in [-0.25, -0.2) is 9.97 Å². The Labute approximate surface area is 158 Å². The highest BCUT2D eigenvalue weighted by Gasteiger charge is 2.24. The second kappa shape index (κ2) is 6.85. The van der Waals surface area contributed by atoms with Gasteiger partial charge in [-0.1, -0.05) is 22.8 Å². The summed E-state index contributed by atoms with van der Waals surface area (Å²) in [5.41, 5.74) is 1.39. The van der Waals surface area contributed by atoms with Crippen LogP contribution in [0.15, 0.2) is 47.4 Å². The largest absolute Gasteiger partial charge is 0.334 e. The Morgan fingerprint density at radius 2 is 2.12 bits per heavy atom. The van der Waals surface area contributed by atoms with E-state index in [1.807, 2.05) is 19.2 Å². The summed E-state index contributed by atoms with van der Waals surface area (Å²) in [7, 11) is 1.83. The lowest BCUT2D eigenvalue weighted by molar-refractivity contribution is 0.423. The molecule has 8 nitrogen and oxygen atoms in total. The Kier molecular flexibility index (Phi) is 4.39. The number of halogens is 1. The molecule has 3 aromatic heterocycles. The highest BCUT2D eigenvalue weighted by atomic mass is 35.5. The molecule has 1 atom stereocenters. The van der Waals surface area contributed by atoms with Crippen LogP contribution in [0.1, 0.15) is 16.9 Å². The predicted molar refractivity (Wildman–Crippen MR) is 97.6 cm³/mol. The summed E-state index contributed by atoms with van der Waals surface area (Å²) in [6.45, 7) is 0. The predicted octanol–water partition coefficient (Wildman–Crippen LogP) is 2.99. The van der Waals surface area contributed by atoms with E-state index in [4.69, 9.17) is 16.1 Å². The van der Waals surface area contributed by atoms with Crippen LogP contribution in [0.5, 0.6) is 0 Å². The van der Waals surface area contributed by atoms with Crippen molar-refractivity contribution < 1.29 is 4.52 Å². The van der Waals surface area contributed by atoms with E-state index in [1.165, 1.54) is 6.33 Å². The van der Waals surface area contributed by atoms with Gasteiger partial charge in [-0.05, 0) is 24.3 Å². The zero-order valence-electron chi connectivity index (χ0n) is 13.5. The van der Waals surface area contributed by atoms with Gasteiger partial charge in [0.25, 0.3) is 5.89 Å². The fourth-order valence-corrected chi connectivity index (χ4v) is 2.95. The summed E-state index contributed by atoms with van der Waals surface area (Å²) in [5.74, 6) is 1.91. The number of rotatable bonds is 4. The Bertz CT molecular complexity index is 1050. The van der Waals surface area contributed by atoms with E-state index in [9.17, 15) is 0 Å². The molecule has 1 aromatic carbocycles. The summed E-state index contributed by atoms with van der Waals surface area (Å²) in [6.07, 6.45) is 3.10. The van der Waals surface area contributed by atoms with Crippen LogP contribution < -0.4 is 0 Å². The highest BCUT2D eigenvalue weighted by molar-refractivity contribution is 7.80. The Balaban J connectivity index is 1.65. The van der Waals surface area contributed by atoms with Crippen LogP contribution in [0, 0.1) is 0 Å². The molecule has 0 aliphatic rings. The van der Waals surface area contributed by atoms with Gasteiger partial charge in [-0.15, -0.1) is 10.2 Å². The first kappa shape index (κ1) is 16.7. The smallest absolute Gasteiger partial charge is 0.258 e. The van der Waals surface area contributed by atoms with E-state index < -0.39 is 5.25 Å². The fourth-order valence-electron chi connectivity index (χ4n) is 2.43. The molecule has 0 saturated heterocycles. The molecule has 0 N–H and O–H groups in total. The van der Waals surface area contributed by atoms with Crippen molar-refractivity contribution in [3.05, 3.63) is 59.5 Å². The van der Waals surface area contributed by atoms with Gasteiger partial charge < -0.3 is 9.09 Å². The van der Waals surface area contributed by atoms with Crippen molar-refractivity contribution in [1.82, 2.24) is 34.9 Å². The van der Waals surface area contributed by atoms with Gasteiger partial charge in [0.1, 0.15) is 17.3 Å². The van der Waals surface area contributed by atoms with E-state index in [0.717, 1.165) is 5.56 Å². The molecule has 0 aliphatic carbocycles. The van der Waals surface area contributed by atoms with Crippen LogP contribution in [0.2, 0.25) is 5.02 Å². The molecule has 0 radical (unpaired) electrons. The molecule has 0 saturated carbocycles. The van der Waals surface area contributed by atoms with Gasteiger partial charge in [-0.3, -0.25) is 0 Å². The van der Waals surface area contributed by atoms with Crippen LogP contribution in [-0.4, -0.2) is 34.9 Å². The topological polar surface area (TPSA) is 95.4 Å². The minimum Gasteiger partial charge on any atom is -0.334 e. The second-order valence-electron chi connectivity index (χ2n) is 5.41. The number of benzene rings is 1. The molecule has 0 amide bonds. The maximum absolute atomic E-state index is 6.00. The SMILES string of the molecule is Cn1c(-c2ccncn2)nnc1C(S)c1noc(-c2cccc(Cl)c2)n1. The van der Waals surface area contributed by atoms with E-state index in [0.29, 0.717) is 34.1 Å². The number of hydrogen-bond acceptors (Lipinski definition) is 8. The van der Waals surface area contributed by atoms with Gasteiger partial charge in [0, 0.05) is 23.8 Å². The molecule has 1 unspecified atom stereocenters. The van der Waals surface area contributed by atoms with E-state index in [2.05, 4.69) is 42.9 Å². The normalized spacial score (nSPS) is 12.3. The van der Waals surface area contributed by atoms with Crippen molar-refractivity contribution in [3.63, 3.8) is 0 Å². The Morgan fingerprint density at radius 1 is 1.23 bits per heavy atom. The monoisotopic (exact) mass is 385 g/mol. The summed E-state index contributed by atoms with van der Waals surface area (Å²) in [4.78, 5) is 12.5. The lowest BCUT2D eigenvalue weighted by Gasteiger charge is -2.06. The maximum Gasteiger partial charge on any atom is 0.258 e. The average molecular weight is 386 g/mol. The van der Waals surface area contributed by atoms with Gasteiger partial charge in [0.2, 0.25) is 0 Å². The van der Waals surface area contributed by atoms with Crippen molar-refractivity contribution in [2.75, 3.05) is 0 Å². The number of aromatic nitrogens is 7. The zero-order chi connectivity index (χ0) is 18.1. The maximum atomic E-state index is 6.00. The molecule has 26 heavy (non-hydrogen) atoms. The molecule has 0 spiro atoms. The Morgan fingerprint density at radius 3 is 2.88 bits per heavy atom. The average Bonchev–Trinajstić information content (AvgIpc) is 3.29. The first-order chi connectivity index (χ1) is 12.6. The molecular formula is C16H12ClN7OS. The lowest BCUT2D eigenvalue weighted by atomic mass is 10.2. The van der Waals surface area contributed by atoms with Gasteiger partial charge >= 0.3 is 0 Å². The third-order valence-corrected chi connectivity index (χ3v) is 4.42. The summed E-state index contributed by atoms with van der Waals surface area (Å²) < 4.78 is 7.12. The number of thiol groups is 1. The standard InChI is InChI=1S/C16H12ClN7OS/c1-24-14(11-5-6-18-8-19-11)21-22-15(24)12(26)13-20-16(25-23-13)9-3-2-4-10(17)7-9/h2-8,12,26H,1H3. The first-order valence-corrected chi connectivity index (χ1v) is 8.46. The molecular weight excluding hydrogens is 374 g/mol. The van der Waals surface area contributed by atoms with Crippen molar-refractivity contribution in [3.8, 4) is 23.0 Å². The van der Waals surface area contributed by atoms with Crippen LogP contribution in [0.4, 0.5) is 0 Å². The van der Waals surface area contributed by atoms with Crippen molar-refractivity contribution in [1.29, 1.82) is 0 Å². The molecule has 3 heterocycles. The summed E-state index contributed by atoms with van der Waals surface area (Å²) in [6, 6.07) is 8.94. The van der Waals surface area contributed by atoms with Crippen LogP contribution >= 0.6 is 24.2 Å². The first-order valence-electron chi connectivity index (χ1n) is 7.57. The molecule has 0 fully saturated rings. The number of hydrogen-bond donors (Lipinski definition) is 1. The van der Waals surface area contributed by atoms with Crippen molar-refractivity contribution in [2.24, 2.45) is 7.05 Å². The third-order valence-electron chi connectivity index (χ3n) is 3.72. The summed E-state index contributed by atoms with van der Waals surface area (Å²) >= 11 is 10.6. The van der Waals surface area contributed by atoms with Crippen molar-refractivity contribution >= 4 is 24.2 Å². The lowest BCUT2D eigenvalue weighted by Crippen LogP contribution is -2.05. The quantitative estimate of drug-likeness (QED) is 0.539. The summed E-state index contributed by atoms with van der Waals surface area (Å²) in [5, 5.41) is 12.5. The molecule has 0 bridgehead atoms. The second-order valence-corrected chi connectivity index (χ2v) is 6.36. The molecule has 4 aromatic rings. The van der Waals surface area contributed by atoms with E-state index in [1.54, 1.807) is 29.0 Å². The molecule has 4 rings (SSSR count). The van der Waals surface area contributed by atoms with Crippen LogP contribution in [0.3, 0.4) is 0 Å². The third kappa shape index (κ3) is 3.06. The van der Waals surface area contributed by atoms with Crippen LogP contribution in [-0.2, 0) is 7.05 Å². The molecule has 10 heteroatoms.